The number of nitrogens with zero attached hydrogens (tertiary/aromatic N) is 2. The van der Waals surface area contributed by atoms with Crippen molar-refractivity contribution < 1.29 is 17.7 Å². The third-order valence-electron chi connectivity index (χ3n) is 2.45. The first-order valence-corrected chi connectivity index (χ1v) is 5.17. The maximum atomic E-state index is 12.1. The Morgan fingerprint density at radius 1 is 1.38 bits per heavy atom. The third kappa shape index (κ3) is 2.94. The summed E-state index contributed by atoms with van der Waals surface area (Å²) in [6, 6.07) is -0.0942. The van der Waals surface area contributed by atoms with E-state index in [2.05, 4.69) is 15.5 Å². The average Bonchev–Trinajstić information content (AvgIpc) is 2.65. The molecule has 7 heteroatoms. The normalized spacial score (nSPS) is 22.3. The van der Waals surface area contributed by atoms with Gasteiger partial charge in [-0.1, -0.05) is 11.6 Å². The van der Waals surface area contributed by atoms with Gasteiger partial charge in [-0.15, -0.1) is 0 Å². The first kappa shape index (κ1) is 11.4. The van der Waals surface area contributed by atoms with Gasteiger partial charge in [0.2, 0.25) is 5.89 Å². The van der Waals surface area contributed by atoms with Gasteiger partial charge in [0.15, 0.2) is 5.82 Å². The number of aromatic nitrogens is 2. The minimum Gasteiger partial charge on any atom is -0.338 e. The predicted molar refractivity (Wildman–Crippen MR) is 48.7 cm³/mol. The van der Waals surface area contributed by atoms with E-state index >= 15 is 0 Å². The van der Waals surface area contributed by atoms with Crippen molar-refractivity contribution in [1.29, 1.82) is 0 Å². The van der Waals surface area contributed by atoms with Gasteiger partial charge in [0.1, 0.15) is 6.42 Å². The molecule has 0 aromatic carbocycles. The lowest BCUT2D eigenvalue weighted by atomic mass is 10.1. The highest BCUT2D eigenvalue weighted by Gasteiger charge is 2.31. The van der Waals surface area contributed by atoms with Gasteiger partial charge >= 0.3 is 6.18 Å². The molecule has 0 unspecified atom stereocenters. The molecule has 16 heavy (non-hydrogen) atoms. The van der Waals surface area contributed by atoms with E-state index in [1.54, 1.807) is 0 Å². The fourth-order valence-electron chi connectivity index (χ4n) is 1.72. The highest BCUT2D eigenvalue weighted by atomic mass is 19.4. The van der Waals surface area contributed by atoms with Gasteiger partial charge in [-0.05, 0) is 19.4 Å². The maximum Gasteiger partial charge on any atom is 0.396 e. The van der Waals surface area contributed by atoms with Crippen LogP contribution in [0.5, 0.6) is 0 Å². The minimum atomic E-state index is -4.29. The van der Waals surface area contributed by atoms with E-state index in [9.17, 15) is 13.2 Å². The first-order valence-electron chi connectivity index (χ1n) is 5.17. The van der Waals surface area contributed by atoms with E-state index < -0.39 is 12.6 Å². The van der Waals surface area contributed by atoms with Gasteiger partial charge in [0.05, 0.1) is 6.04 Å². The van der Waals surface area contributed by atoms with Crippen LogP contribution in [0, 0.1) is 0 Å². The van der Waals surface area contributed by atoms with Crippen molar-refractivity contribution in [2.45, 2.75) is 37.9 Å². The lowest BCUT2D eigenvalue weighted by molar-refractivity contribution is -0.128. The van der Waals surface area contributed by atoms with Crippen LogP contribution in [0.2, 0.25) is 0 Å². The average molecular weight is 235 g/mol. The Morgan fingerprint density at radius 2 is 2.19 bits per heavy atom. The monoisotopic (exact) mass is 235 g/mol. The van der Waals surface area contributed by atoms with Gasteiger partial charge in [-0.3, -0.25) is 0 Å². The van der Waals surface area contributed by atoms with Crippen LogP contribution in [-0.4, -0.2) is 22.9 Å². The summed E-state index contributed by atoms with van der Waals surface area (Å²) in [5.74, 6) is -0.0335. The van der Waals surface area contributed by atoms with Crippen molar-refractivity contribution in [3.63, 3.8) is 0 Å². The molecule has 4 nitrogen and oxygen atoms in total. The zero-order valence-electron chi connectivity index (χ0n) is 8.55. The molecule has 1 N–H and O–H groups in total. The third-order valence-corrected chi connectivity index (χ3v) is 2.45. The standard InChI is InChI=1S/C9H12F3N3O/c10-9(11,12)5-7-14-8(16-15-7)6-3-1-2-4-13-6/h6,13H,1-5H2/t6-/m1/s1. The van der Waals surface area contributed by atoms with Crippen LogP contribution in [0.3, 0.4) is 0 Å². The van der Waals surface area contributed by atoms with Crippen LogP contribution < -0.4 is 5.32 Å². The van der Waals surface area contributed by atoms with Crippen molar-refractivity contribution in [2.24, 2.45) is 0 Å². The number of hydrogen-bond acceptors (Lipinski definition) is 4. The van der Waals surface area contributed by atoms with Gasteiger partial charge in [-0.2, -0.15) is 18.2 Å². The highest BCUT2D eigenvalue weighted by molar-refractivity contribution is 4.95. The molecule has 0 saturated carbocycles. The predicted octanol–water partition coefficient (Wildman–Crippen LogP) is 1.99. The summed E-state index contributed by atoms with van der Waals surface area (Å²) in [5.41, 5.74) is 0. The number of alkyl halides is 3. The second kappa shape index (κ2) is 4.40. The molecule has 1 aliphatic rings. The minimum absolute atomic E-state index is 0.0942. The molecule has 1 aliphatic heterocycles. The number of nitrogens with one attached hydrogen (secondary N) is 1. The van der Waals surface area contributed by atoms with E-state index in [4.69, 9.17) is 4.52 Å². The molecule has 2 rings (SSSR count). The topological polar surface area (TPSA) is 51.0 Å². The van der Waals surface area contributed by atoms with Crippen molar-refractivity contribution in [1.82, 2.24) is 15.5 Å². The van der Waals surface area contributed by atoms with E-state index in [0.717, 1.165) is 25.8 Å². The summed E-state index contributed by atoms with van der Waals surface area (Å²) < 4.78 is 41.0. The molecule has 1 aromatic heterocycles. The second-order valence-corrected chi connectivity index (χ2v) is 3.84. The van der Waals surface area contributed by atoms with E-state index in [1.807, 2.05) is 0 Å². The summed E-state index contributed by atoms with van der Waals surface area (Å²) in [5, 5.41) is 6.46. The molecule has 0 bridgehead atoms. The Labute approximate surface area is 90.2 Å². The molecule has 1 fully saturated rings. The van der Waals surface area contributed by atoms with Gasteiger partial charge in [0, 0.05) is 0 Å². The Balaban J connectivity index is 2.01. The number of piperidine rings is 1. The lowest BCUT2D eigenvalue weighted by Crippen LogP contribution is -2.27. The van der Waals surface area contributed by atoms with Gasteiger partial charge < -0.3 is 9.84 Å². The molecule has 0 amide bonds. The molecule has 0 spiro atoms. The quantitative estimate of drug-likeness (QED) is 0.851. The Morgan fingerprint density at radius 3 is 2.81 bits per heavy atom. The summed E-state index contributed by atoms with van der Waals surface area (Å²) in [4.78, 5) is 3.76. The molecular weight excluding hydrogens is 223 g/mol. The molecule has 1 aromatic rings. The number of rotatable bonds is 2. The van der Waals surface area contributed by atoms with Crippen LogP contribution in [0.1, 0.15) is 37.0 Å². The maximum absolute atomic E-state index is 12.1. The van der Waals surface area contributed by atoms with Crippen LogP contribution >= 0.6 is 0 Å². The lowest BCUT2D eigenvalue weighted by Gasteiger charge is -2.19. The molecule has 1 atom stereocenters. The molecule has 1 saturated heterocycles. The fourth-order valence-corrected chi connectivity index (χ4v) is 1.72. The SMILES string of the molecule is FC(F)(F)Cc1noc([C@H]2CCCCN2)n1. The highest BCUT2D eigenvalue weighted by Crippen LogP contribution is 2.23. The van der Waals surface area contributed by atoms with Crippen LogP contribution in [0.15, 0.2) is 4.52 Å². The van der Waals surface area contributed by atoms with Crippen LogP contribution in [0.25, 0.3) is 0 Å². The molecular formula is C9H12F3N3O. The van der Waals surface area contributed by atoms with E-state index in [0.29, 0.717) is 0 Å². The summed E-state index contributed by atoms with van der Waals surface area (Å²) >= 11 is 0. The van der Waals surface area contributed by atoms with Crippen molar-refractivity contribution in [3.8, 4) is 0 Å². The molecule has 0 radical (unpaired) electrons. The Kier molecular flexibility index (Phi) is 3.13. The molecule has 90 valence electrons. The smallest absolute Gasteiger partial charge is 0.338 e. The van der Waals surface area contributed by atoms with Gasteiger partial charge in [-0.25, -0.2) is 0 Å². The van der Waals surface area contributed by atoms with Crippen molar-refractivity contribution >= 4 is 0 Å². The number of hydrogen-bond donors (Lipinski definition) is 1. The summed E-state index contributed by atoms with van der Waals surface area (Å²) in [6.07, 6.45) is -2.51. The second-order valence-electron chi connectivity index (χ2n) is 3.84. The first-order chi connectivity index (χ1) is 7.54. The van der Waals surface area contributed by atoms with Crippen molar-refractivity contribution in [2.75, 3.05) is 6.54 Å². The van der Waals surface area contributed by atoms with E-state index in [-0.39, 0.29) is 17.8 Å². The Hall–Kier alpha value is -1.11. The van der Waals surface area contributed by atoms with E-state index in [1.165, 1.54) is 0 Å². The van der Waals surface area contributed by atoms with Gasteiger partial charge in [0.25, 0.3) is 0 Å². The Bertz CT molecular complexity index is 344. The number of halogens is 3. The zero-order chi connectivity index (χ0) is 11.6. The van der Waals surface area contributed by atoms with Crippen molar-refractivity contribution in [3.05, 3.63) is 11.7 Å². The largest absolute Gasteiger partial charge is 0.396 e. The summed E-state index contributed by atoms with van der Waals surface area (Å²) in [6.45, 7) is 0.835. The van der Waals surface area contributed by atoms with Crippen LogP contribution in [0.4, 0.5) is 13.2 Å². The summed E-state index contributed by atoms with van der Waals surface area (Å²) in [7, 11) is 0. The fraction of sp³-hybridized carbons (Fsp3) is 0.778. The molecule has 0 aliphatic carbocycles. The van der Waals surface area contributed by atoms with Crippen LogP contribution in [-0.2, 0) is 6.42 Å². The molecule has 2 heterocycles. The zero-order valence-corrected chi connectivity index (χ0v) is 8.55.